The summed E-state index contributed by atoms with van der Waals surface area (Å²) in [5.74, 6) is 2.82. The predicted molar refractivity (Wildman–Crippen MR) is 81.1 cm³/mol. The van der Waals surface area contributed by atoms with Gasteiger partial charge in [0.05, 0.1) is 4.88 Å². The molecule has 2 heterocycles. The van der Waals surface area contributed by atoms with Gasteiger partial charge in [-0.05, 0) is 44.1 Å². The molecule has 0 saturated carbocycles. The first-order valence-corrected chi connectivity index (χ1v) is 8.60. The fourth-order valence-electron chi connectivity index (χ4n) is 1.93. The Kier molecular flexibility index (Phi) is 4.62. The summed E-state index contributed by atoms with van der Waals surface area (Å²) in [6.07, 6.45) is 1.88. The van der Waals surface area contributed by atoms with E-state index in [9.17, 15) is 4.79 Å². The molecule has 1 amide bonds. The zero-order valence-corrected chi connectivity index (χ0v) is 13.1. The molecule has 100 valence electrons. The van der Waals surface area contributed by atoms with Crippen molar-refractivity contribution in [3.63, 3.8) is 0 Å². The van der Waals surface area contributed by atoms with Crippen LogP contribution in [0.3, 0.4) is 0 Å². The smallest absolute Gasteiger partial charge is 0.261 e. The number of carbonyl (C=O) groups excluding carboxylic acids is 1. The number of amides is 1. The molecule has 0 spiro atoms. The van der Waals surface area contributed by atoms with Gasteiger partial charge in [-0.15, -0.1) is 22.9 Å². The largest absolute Gasteiger partial charge is 0.346 e. The fourth-order valence-corrected chi connectivity index (χ4v) is 4.67. The molecule has 2 nitrogen and oxygen atoms in total. The van der Waals surface area contributed by atoms with E-state index >= 15 is 0 Å². The number of fused-ring (bicyclic) bond motifs is 1. The summed E-state index contributed by atoms with van der Waals surface area (Å²) in [7, 11) is 0. The normalized spacial score (nSPS) is 15.3. The van der Waals surface area contributed by atoms with Gasteiger partial charge in [-0.2, -0.15) is 11.8 Å². The lowest BCUT2D eigenvalue weighted by molar-refractivity contribution is 0.0916. The molecule has 0 atom stereocenters. The number of hydrogen-bond donors (Lipinski definition) is 1. The second kappa shape index (κ2) is 5.85. The van der Waals surface area contributed by atoms with Crippen LogP contribution in [-0.4, -0.2) is 23.1 Å². The second-order valence-corrected chi connectivity index (χ2v) is 7.76. The van der Waals surface area contributed by atoms with E-state index in [1.54, 1.807) is 11.3 Å². The summed E-state index contributed by atoms with van der Waals surface area (Å²) >= 11 is 9.33. The van der Waals surface area contributed by atoms with Gasteiger partial charge in [-0.1, -0.05) is 0 Å². The average molecular weight is 304 g/mol. The second-order valence-electron chi connectivity index (χ2n) is 5.14. The third-order valence-electron chi connectivity index (χ3n) is 3.02. The van der Waals surface area contributed by atoms with Crippen LogP contribution in [0.25, 0.3) is 0 Å². The molecule has 18 heavy (non-hydrogen) atoms. The molecule has 0 unspecified atom stereocenters. The molecule has 2 rings (SSSR count). The van der Waals surface area contributed by atoms with E-state index in [1.807, 2.05) is 25.6 Å². The number of aryl methyl sites for hydroxylation is 1. The Balaban J connectivity index is 2.07. The molecular formula is C13H18ClNOS2. The Bertz CT molecular complexity index is 419. The Labute approximate surface area is 121 Å². The summed E-state index contributed by atoms with van der Waals surface area (Å²) in [6.45, 7) is 4.02. The third-order valence-corrected chi connectivity index (χ3v) is 5.46. The van der Waals surface area contributed by atoms with Crippen LogP contribution in [-0.2, 0) is 12.2 Å². The molecule has 0 fully saturated rings. The minimum Gasteiger partial charge on any atom is -0.346 e. The quantitative estimate of drug-likeness (QED) is 0.860. The first-order chi connectivity index (χ1) is 8.52. The summed E-state index contributed by atoms with van der Waals surface area (Å²) in [4.78, 5) is 14.4. The molecule has 5 heteroatoms. The van der Waals surface area contributed by atoms with E-state index in [4.69, 9.17) is 11.6 Å². The van der Waals surface area contributed by atoms with Gasteiger partial charge in [0.1, 0.15) is 0 Å². The highest BCUT2D eigenvalue weighted by atomic mass is 35.5. The van der Waals surface area contributed by atoms with Crippen LogP contribution in [0.4, 0.5) is 0 Å². The van der Waals surface area contributed by atoms with Crippen molar-refractivity contribution in [3.05, 3.63) is 21.4 Å². The van der Waals surface area contributed by atoms with Gasteiger partial charge < -0.3 is 5.32 Å². The van der Waals surface area contributed by atoms with Gasteiger partial charge in [0, 0.05) is 22.0 Å². The number of hydrogen-bond acceptors (Lipinski definition) is 3. The van der Waals surface area contributed by atoms with Crippen LogP contribution in [0, 0.1) is 0 Å². The topological polar surface area (TPSA) is 29.1 Å². The maximum absolute atomic E-state index is 12.2. The van der Waals surface area contributed by atoms with Crippen molar-refractivity contribution in [1.29, 1.82) is 0 Å². The summed E-state index contributed by atoms with van der Waals surface area (Å²) in [6, 6.07) is 2.05. The number of alkyl halides is 1. The fraction of sp³-hybridized carbons (Fsp3) is 0.615. The van der Waals surface area contributed by atoms with Crippen molar-refractivity contribution in [3.8, 4) is 0 Å². The van der Waals surface area contributed by atoms with Gasteiger partial charge in [0.15, 0.2) is 0 Å². The minimum atomic E-state index is -0.238. The number of nitrogens with one attached hydrogen (secondary N) is 1. The van der Waals surface area contributed by atoms with Gasteiger partial charge >= 0.3 is 0 Å². The van der Waals surface area contributed by atoms with Crippen molar-refractivity contribution in [1.82, 2.24) is 5.32 Å². The van der Waals surface area contributed by atoms with E-state index in [-0.39, 0.29) is 11.4 Å². The van der Waals surface area contributed by atoms with Gasteiger partial charge in [-0.25, -0.2) is 0 Å². The van der Waals surface area contributed by atoms with Gasteiger partial charge in [0.25, 0.3) is 5.91 Å². The van der Waals surface area contributed by atoms with E-state index in [2.05, 4.69) is 11.4 Å². The van der Waals surface area contributed by atoms with Crippen LogP contribution in [0.2, 0.25) is 0 Å². The number of thioether (sulfide) groups is 1. The molecule has 0 bridgehead atoms. The molecule has 1 aliphatic rings. The Morgan fingerprint density at radius 3 is 3.00 bits per heavy atom. The molecule has 0 aliphatic carbocycles. The van der Waals surface area contributed by atoms with Crippen molar-refractivity contribution in [2.24, 2.45) is 0 Å². The summed E-state index contributed by atoms with van der Waals surface area (Å²) < 4.78 is 0. The van der Waals surface area contributed by atoms with Gasteiger partial charge in [0.2, 0.25) is 0 Å². The van der Waals surface area contributed by atoms with E-state index < -0.39 is 0 Å². The highest BCUT2D eigenvalue weighted by Gasteiger charge is 2.23. The standard InChI is InChI=1S/C13H18ClNOS2/c1-13(2,4-5-14)15-12(16)11-7-9-8-17-6-3-10(9)18-11/h7H,3-6,8H2,1-2H3,(H,15,16). The third kappa shape index (κ3) is 3.43. The molecule has 0 radical (unpaired) electrons. The molecule has 1 aromatic heterocycles. The van der Waals surface area contributed by atoms with Crippen molar-refractivity contribution in [2.45, 2.75) is 38.0 Å². The van der Waals surface area contributed by atoms with Crippen molar-refractivity contribution in [2.75, 3.05) is 11.6 Å². The van der Waals surface area contributed by atoms with Crippen molar-refractivity contribution >= 4 is 40.6 Å². The number of thiophene rings is 1. The SMILES string of the molecule is CC(C)(CCCl)NC(=O)c1cc2c(s1)CCSC2. The Morgan fingerprint density at radius 2 is 2.33 bits per heavy atom. The zero-order valence-electron chi connectivity index (χ0n) is 10.7. The van der Waals surface area contributed by atoms with Crippen LogP contribution < -0.4 is 5.32 Å². The summed E-state index contributed by atoms with van der Waals surface area (Å²) in [5, 5.41) is 3.06. The van der Waals surface area contributed by atoms with Crippen LogP contribution >= 0.6 is 34.7 Å². The Morgan fingerprint density at radius 1 is 1.56 bits per heavy atom. The van der Waals surface area contributed by atoms with Crippen molar-refractivity contribution < 1.29 is 4.79 Å². The molecule has 1 N–H and O–H groups in total. The lowest BCUT2D eigenvalue weighted by Crippen LogP contribution is -2.43. The molecule has 0 saturated heterocycles. The lowest BCUT2D eigenvalue weighted by atomic mass is 10.0. The monoisotopic (exact) mass is 303 g/mol. The molecular weight excluding hydrogens is 286 g/mol. The highest BCUT2D eigenvalue weighted by molar-refractivity contribution is 7.98. The zero-order chi connectivity index (χ0) is 13.2. The Hall–Kier alpha value is -0.190. The maximum Gasteiger partial charge on any atom is 0.261 e. The van der Waals surface area contributed by atoms with Crippen LogP contribution in [0.15, 0.2) is 6.07 Å². The molecule has 0 aromatic carbocycles. The predicted octanol–water partition coefficient (Wildman–Crippen LogP) is 3.67. The highest BCUT2D eigenvalue weighted by Crippen LogP contribution is 2.31. The first kappa shape index (κ1) is 14.2. The first-order valence-electron chi connectivity index (χ1n) is 6.09. The van der Waals surface area contributed by atoms with E-state index in [0.29, 0.717) is 5.88 Å². The number of rotatable bonds is 4. The number of halogens is 1. The van der Waals surface area contributed by atoms with Gasteiger partial charge in [-0.3, -0.25) is 4.79 Å². The van der Waals surface area contributed by atoms with Crippen LogP contribution in [0.1, 0.15) is 40.4 Å². The minimum absolute atomic E-state index is 0.0366. The van der Waals surface area contributed by atoms with E-state index in [1.165, 1.54) is 16.2 Å². The maximum atomic E-state index is 12.2. The van der Waals surface area contributed by atoms with E-state index in [0.717, 1.165) is 23.5 Å². The lowest BCUT2D eigenvalue weighted by Gasteiger charge is -2.24. The molecule has 1 aromatic rings. The van der Waals surface area contributed by atoms with Crippen LogP contribution in [0.5, 0.6) is 0 Å². The summed E-state index contributed by atoms with van der Waals surface area (Å²) in [5.41, 5.74) is 1.11. The number of carbonyl (C=O) groups is 1. The molecule has 1 aliphatic heterocycles. The average Bonchev–Trinajstić information content (AvgIpc) is 2.71.